The van der Waals surface area contributed by atoms with E-state index in [4.69, 9.17) is 19.2 Å². The topological polar surface area (TPSA) is 86.2 Å². The van der Waals surface area contributed by atoms with Gasteiger partial charge in [-0.3, -0.25) is 0 Å². The van der Waals surface area contributed by atoms with Crippen molar-refractivity contribution in [3.63, 3.8) is 0 Å². The molecular weight excluding hydrogens is 328 g/mol. The maximum absolute atomic E-state index is 8.55. The first kappa shape index (κ1) is 15.8. The molecule has 0 bridgehead atoms. The molecule has 0 saturated heterocycles. The fourth-order valence-electron chi connectivity index (χ4n) is 0. The predicted octanol–water partition coefficient (Wildman–Crippen LogP) is -3.90. The first-order chi connectivity index (χ1) is 2.00. The summed E-state index contributed by atoms with van der Waals surface area (Å²) in [7, 11) is -5.39. The first-order valence-electron chi connectivity index (χ1n) is 0.730. The number of hydrogen-bond acceptors (Lipinski definition) is 4. The molecular formula is H4HgO4PS. The van der Waals surface area contributed by atoms with Crippen LogP contribution in [0.1, 0.15) is 0 Å². The molecule has 0 aliphatic rings. The molecule has 0 amide bonds. The van der Waals surface area contributed by atoms with E-state index < -0.39 is 7.82 Å². The zero-order chi connectivity index (χ0) is 4.50. The zero-order valence-corrected chi connectivity index (χ0v) is 11.3. The number of hydrogen-bond donors (Lipinski definition) is 0. The van der Waals surface area contributed by atoms with E-state index in [-0.39, 0.29) is 41.2 Å². The van der Waals surface area contributed by atoms with Gasteiger partial charge in [-0.1, -0.05) is 0 Å². The number of rotatable bonds is 0. The standard InChI is InChI=1S/Hg.H3O4P.H4S/c;1-5(2,3)4;/h;(H3,1,2,3,4);1H4/q+1;;+2/p-3. The van der Waals surface area contributed by atoms with E-state index in [0.29, 0.717) is 0 Å². The van der Waals surface area contributed by atoms with Crippen molar-refractivity contribution in [2.45, 2.75) is 0 Å². The van der Waals surface area contributed by atoms with Crippen molar-refractivity contribution in [2.24, 2.45) is 0 Å². The molecule has 0 spiro atoms. The summed E-state index contributed by atoms with van der Waals surface area (Å²) in [5, 5.41) is 0. The smallest absolute Gasteiger partial charge is 0.822 e. The van der Waals surface area contributed by atoms with E-state index in [2.05, 4.69) is 0 Å². The largest absolute Gasteiger partial charge is 1.00 e. The molecule has 0 aliphatic heterocycles. The van der Waals surface area contributed by atoms with Crippen molar-refractivity contribution >= 4 is 21.3 Å². The summed E-state index contributed by atoms with van der Waals surface area (Å²) in [5.74, 6) is 0. The Hall–Kier alpha value is 1.40. The Morgan fingerprint density at radius 1 is 1.14 bits per heavy atom. The van der Waals surface area contributed by atoms with Crippen LogP contribution >= 0.6 is 7.82 Å². The Labute approximate surface area is 68.1 Å². The van der Waals surface area contributed by atoms with Gasteiger partial charge in [0.15, 0.2) is 0 Å². The summed E-state index contributed by atoms with van der Waals surface area (Å²) in [4.78, 5) is 25.6. The van der Waals surface area contributed by atoms with Gasteiger partial charge in [0.05, 0.1) is 0 Å². The van der Waals surface area contributed by atoms with E-state index in [1.807, 2.05) is 0 Å². The molecule has 4 nitrogen and oxygen atoms in total. The molecule has 0 aromatic heterocycles. The summed E-state index contributed by atoms with van der Waals surface area (Å²) >= 11 is 0. The molecule has 0 heterocycles. The predicted molar refractivity (Wildman–Crippen MR) is 20.6 cm³/mol. The van der Waals surface area contributed by atoms with E-state index in [1.165, 1.54) is 0 Å². The fraction of sp³-hybridized carbons (Fsp3) is 0. The third-order valence-corrected chi connectivity index (χ3v) is 0. The third kappa shape index (κ3) is 111. The van der Waals surface area contributed by atoms with Crippen molar-refractivity contribution in [1.29, 1.82) is 0 Å². The maximum Gasteiger partial charge on any atom is 1.00 e. The van der Waals surface area contributed by atoms with Gasteiger partial charge in [-0.2, -0.15) is 7.82 Å². The second kappa shape index (κ2) is 5.53. The van der Waals surface area contributed by atoms with Crippen LogP contribution in [0, 0.1) is 0 Å². The molecule has 0 unspecified atom stereocenters. The summed E-state index contributed by atoms with van der Waals surface area (Å²) in [5.41, 5.74) is 0. The van der Waals surface area contributed by atoms with Crippen LogP contribution in [0.5, 0.6) is 0 Å². The van der Waals surface area contributed by atoms with Gasteiger partial charge in [-0.05, 0) is 0 Å². The van der Waals surface area contributed by atoms with E-state index in [0.717, 1.165) is 0 Å². The van der Waals surface area contributed by atoms with Crippen molar-refractivity contribution in [1.82, 2.24) is 0 Å². The Bertz CT molecular complexity index is 57.8. The molecule has 1 radical (unpaired) electrons. The van der Waals surface area contributed by atoms with Gasteiger partial charge in [-0.25, -0.2) is 13.5 Å². The Kier molecular flexibility index (Phi) is 12.5. The van der Waals surface area contributed by atoms with Crippen molar-refractivity contribution in [2.75, 3.05) is 0 Å². The Morgan fingerprint density at radius 2 is 1.14 bits per heavy atom. The zero-order valence-electron chi connectivity index (χ0n) is 3.49. The van der Waals surface area contributed by atoms with Crippen LogP contribution in [0.2, 0.25) is 0 Å². The van der Waals surface area contributed by atoms with Gasteiger partial charge >= 0.3 is 27.7 Å². The van der Waals surface area contributed by atoms with Crippen molar-refractivity contribution in [3.8, 4) is 0 Å². The van der Waals surface area contributed by atoms with Crippen LogP contribution in [0.15, 0.2) is 0 Å². The first-order valence-corrected chi connectivity index (χ1v) is 2.19. The van der Waals surface area contributed by atoms with Crippen LogP contribution < -0.4 is 14.7 Å². The molecule has 0 rings (SSSR count). The molecule has 0 saturated carbocycles. The van der Waals surface area contributed by atoms with Crippen molar-refractivity contribution < 1.29 is 46.9 Å². The van der Waals surface area contributed by atoms with Crippen LogP contribution in [-0.2, 0) is 45.7 Å². The van der Waals surface area contributed by atoms with Crippen LogP contribution in [-0.4, -0.2) is 0 Å². The second-order valence-corrected chi connectivity index (χ2v) is 1.34. The third-order valence-electron chi connectivity index (χ3n) is 0. The quantitative estimate of drug-likeness (QED) is 0.335. The fourth-order valence-corrected chi connectivity index (χ4v) is 0. The summed E-state index contributed by atoms with van der Waals surface area (Å²) < 4.78 is 8.55. The van der Waals surface area contributed by atoms with Gasteiger partial charge in [0.1, 0.15) is 0 Å². The minimum absolute atomic E-state index is 0. The summed E-state index contributed by atoms with van der Waals surface area (Å²) in [6.45, 7) is 0. The molecule has 0 atom stereocenters. The second-order valence-electron chi connectivity index (χ2n) is 0.447. The van der Waals surface area contributed by atoms with Crippen LogP contribution in [0.3, 0.4) is 0 Å². The molecule has 41 valence electrons. The Morgan fingerprint density at radius 3 is 1.14 bits per heavy atom. The molecule has 0 fully saturated rings. The van der Waals surface area contributed by atoms with Gasteiger partial charge < -0.3 is 19.2 Å². The van der Waals surface area contributed by atoms with E-state index >= 15 is 0 Å². The monoisotopic (exact) mass is 333 g/mol. The molecule has 0 aromatic rings. The number of phosphoric acid groups is 1. The molecule has 0 aromatic carbocycles. The molecule has 7 heavy (non-hydrogen) atoms. The van der Waals surface area contributed by atoms with E-state index in [1.54, 1.807) is 0 Å². The average Bonchev–Trinajstić information content (AvgIpc) is 0.722. The van der Waals surface area contributed by atoms with E-state index in [9.17, 15) is 0 Å². The normalized spacial score (nSPS) is 8.43. The van der Waals surface area contributed by atoms with Gasteiger partial charge in [0, 0.05) is 0 Å². The van der Waals surface area contributed by atoms with Crippen molar-refractivity contribution in [3.05, 3.63) is 0 Å². The van der Waals surface area contributed by atoms with Gasteiger partial charge in [0.25, 0.3) is 0 Å². The maximum atomic E-state index is 8.55. The van der Waals surface area contributed by atoms with Crippen LogP contribution in [0.25, 0.3) is 0 Å². The molecule has 0 N–H and O–H groups in total. The van der Waals surface area contributed by atoms with Crippen LogP contribution in [0.4, 0.5) is 0 Å². The minimum atomic E-state index is -5.39. The molecule has 7 heteroatoms. The Balaban J connectivity index is -0.0000000800. The summed E-state index contributed by atoms with van der Waals surface area (Å²) in [6.07, 6.45) is 0. The molecule has 0 aliphatic carbocycles. The van der Waals surface area contributed by atoms with Gasteiger partial charge in [0.2, 0.25) is 0 Å². The minimum Gasteiger partial charge on any atom is -0.822 e. The van der Waals surface area contributed by atoms with Gasteiger partial charge in [-0.15, -0.1) is 0 Å². The average molecular weight is 332 g/mol. The SMILES string of the molecule is O=P([O-])([O-])[O-].[Hg+].[SH4+2]. The summed E-state index contributed by atoms with van der Waals surface area (Å²) in [6, 6.07) is 0.